The van der Waals surface area contributed by atoms with E-state index >= 15 is 0 Å². The van der Waals surface area contributed by atoms with E-state index in [-0.39, 0.29) is 11.8 Å². The number of nitriles is 1. The van der Waals surface area contributed by atoms with Gasteiger partial charge in [0.15, 0.2) is 11.5 Å². The number of nitrogen functional groups attached to an aromatic ring is 1. The van der Waals surface area contributed by atoms with Crippen molar-refractivity contribution in [3.05, 3.63) is 70.0 Å². The maximum atomic E-state index is 9.31. The average molecular weight is 431 g/mol. The van der Waals surface area contributed by atoms with Crippen LogP contribution in [0.15, 0.2) is 36.5 Å². The number of nitrogens with one attached hydrogen (secondary N) is 1. The fourth-order valence-electron chi connectivity index (χ4n) is 3.60. The van der Waals surface area contributed by atoms with Crippen LogP contribution in [-0.2, 0) is 0 Å². The number of methoxy groups -OCH3 is 2. The summed E-state index contributed by atoms with van der Waals surface area (Å²) in [4.78, 5) is 0. The normalized spacial score (nSPS) is 11.4. The number of anilines is 1. The molecule has 2 aromatic carbocycles. The Bertz CT molecular complexity index is 1200. The van der Waals surface area contributed by atoms with Crippen LogP contribution < -0.4 is 19.9 Å². The number of hydrogen-bond acceptors (Lipinski definition) is 8. The molecule has 0 bridgehead atoms. The Morgan fingerprint density at radius 2 is 1.84 bits per heavy atom. The van der Waals surface area contributed by atoms with Gasteiger partial charge in [-0.3, -0.25) is 5.41 Å². The highest BCUT2D eigenvalue weighted by Gasteiger charge is 2.20. The second-order valence-electron chi connectivity index (χ2n) is 7.31. The molecule has 3 rings (SSSR count). The van der Waals surface area contributed by atoms with Crippen molar-refractivity contribution in [1.29, 1.82) is 10.7 Å². The van der Waals surface area contributed by atoms with Crippen LogP contribution in [0.1, 0.15) is 46.5 Å². The summed E-state index contributed by atoms with van der Waals surface area (Å²) in [5.74, 6) is 1.37. The fourth-order valence-corrected chi connectivity index (χ4v) is 3.60. The van der Waals surface area contributed by atoms with E-state index in [1.807, 2.05) is 20.8 Å². The van der Waals surface area contributed by atoms with Gasteiger partial charge in [0.1, 0.15) is 11.9 Å². The van der Waals surface area contributed by atoms with Gasteiger partial charge in [-0.25, -0.2) is 0 Å². The summed E-state index contributed by atoms with van der Waals surface area (Å²) in [6.07, 6.45) is 1.35. The molecule has 3 N–H and O–H groups in total. The highest BCUT2D eigenvalue weighted by atomic mass is 16.5. The number of benzene rings is 2. The van der Waals surface area contributed by atoms with Crippen LogP contribution in [0.4, 0.5) is 5.69 Å². The molecule has 0 radical (unpaired) electrons. The number of nitrogens with zero attached hydrogens (tertiary/aromatic N) is 3. The number of rotatable bonds is 7. The average Bonchev–Trinajstić information content (AvgIpc) is 2.78. The predicted octanol–water partition coefficient (Wildman–Crippen LogP) is 4.12. The highest BCUT2D eigenvalue weighted by Crippen LogP contribution is 2.37. The molecule has 0 spiro atoms. The Morgan fingerprint density at radius 1 is 1.09 bits per heavy atom. The van der Waals surface area contributed by atoms with Gasteiger partial charge < -0.3 is 19.9 Å². The second kappa shape index (κ2) is 9.35. The minimum atomic E-state index is -0.341. The van der Waals surface area contributed by atoms with Crippen molar-refractivity contribution in [3.8, 4) is 23.3 Å². The van der Waals surface area contributed by atoms with Gasteiger partial charge in [-0.1, -0.05) is 0 Å². The number of ether oxygens (including phenoxy) is 3. The van der Waals surface area contributed by atoms with Crippen molar-refractivity contribution in [2.45, 2.75) is 26.9 Å². The minimum absolute atomic E-state index is 0.135. The monoisotopic (exact) mass is 431 g/mol. The van der Waals surface area contributed by atoms with E-state index < -0.39 is 0 Å². The van der Waals surface area contributed by atoms with E-state index in [9.17, 15) is 5.26 Å². The molecular weight excluding hydrogens is 406 g/mol. The van der Waals surface area contributed by atoms with Gasteiger partial charge in [-0.15, -0.1) is 0 Å². The Hall–Kier alpha value is -4.12. The molecule has 0 saturated heterocycles. The molecule has 0 fully saturated rings. The molecule has 1 atom stereocenters. The molecule has 0 aliphatic rings. The van der Waals surface area contributed by atoms with Gasteiger partial charge >= 0.3 is 0 Å². The van der Waals surface area contributed by atoms with Crippen LogP contribution in [0.5, 0.6) is 17.2 Å². The van der Waals surface area contributed by atoms with Gasteiger partial charge in [-0.05, 0) is 50.6 Å². The number of nitrogens with two attached hydrogens (primary N) is 1. The molecule has 0 amide bonds. The number of aromatic nitrogens is 2. The summed E-state index contributed by atoms with van der Waals surface area (Å²) < 4.78 is 17.0. The molecule has 1 heterocycles. The van der Waals surface area contributed by atoms with E-state index in [0.29, 0.717) is 39.6 Å². The van der Waals surface area contributed by atoms with Crippen molar-refractivity contribution < 1.29 is 14.2 Å². The first kappa shape index (κ1) is 22.6. The van der Waals surface area contributed by atoms with Gasteiger partial charge in [0.05, 0.1) is 43.5 Å². The SMILES string of the molecule is COc1cc(C#N)cc(C(=N)c2cc(OC(C)c3c(C)cnnc3C)c(OC)cc2N)c1. The lowest BCUT2D eigenvalue weighted by molar-refractivity contribution is 0.214. The molecule has 1 aromatic heterocycles. The largest absolute Gasteiger partial charge is 0.497 e. The predicted molar refractivity (Wildman–Crippen MR) is 122 cm³/mol. The maximum Gasteiger partial charge on any atom is 0.162 e. The lowest BCUT2D eigenvalue weighted by atomic mass is 9.98. The summed E-state index contributed by atoms with van der Waals surface area (Å²) >= 11 is 0. The van der Waals surface area contributed by atoms with Crippen LogP contribution in [0.3, 0.4) is 0 Å². The molecule has 32 heavy (non-hydrogen) atoms. The zero-order chi connectivity index (χ0) is 23.4. The number of hydrogen-bond donors (Lipinski definition) is 2. The molecule has 1 unspecified atom stereocenters. The summed E-state index contributed by atoms with van der Waals surface area (Å²) in [6, 6.07) is 10.3. The van der Waals surface area contributed by atoms with Crippen LogP contribution in [0.25, 0.3) is 0 Å². The molecule has 0 aliphatic heterocycles. The zero-order valence-electron chi connectivity index (χ0n) is 18.7. The summed E-state index contributed by atoms with van der Waals surface area (Å²) in [7, 11) is 3.04. The molecule has 0 aliphatic carbocycles. The molecule has 8 nitrogen and oxygen atoms in total. The van der Waals surface area contributed by atoms with E-state index in [0.717, 1.165) is 16.8 Å². The summed E-state index contributed by atoms with van der Waals surface area (Å²) in [6.45, 7) is 5.75. The van der Waals surface area contributed by atoms with Crippen molar-refractivity contribution in [1.82, 2.24) is 10.2 Å². The maximum absolute atomic E-state index is 9.31. The summed E-state index contributed by atoms with van der Waals surface area (Å²) in [5.41, 5.74) is 10.7. The molecule has 164 valence electrons. The zero-order valence-corrected chi connectivity index (χ0v) is 18.7. The number of aryl methyl sites for hydroxylation is 2. The van der Waals surface area contributed by atoms with E-state index in [4.69, 9.17) is 25.4 Å². The van der Waals surface area contributed by atoms with Crippen molar-refractivity contribution in [2.75, 3.05) is 20.0 Å². The second-order valence-corrected chi connectivity index (χ2v) is 7.31. The first-order valence-electron chi connectivity index (χ1n) is 9.90. The quantitative estimate of drug-likeness (QED) is 0.425. The molecule has 0 saturated carbocycles. The van der Waals surface area contributed by atoms with Gasteiger partial charge in [0.2, 0.25) is 0 Å². The Labute approximate surface area is 187 Å². The summed E-state index contributed by atoms with van der Waals surface area (Å²) in [5, 5.41) is 26.1. The Morgan fingerprint density at radius 3 is 2.47 bits per heavy atom. The van der Waals surface area contributed by atoms with Crippen LogP contribution in [-0.4, -0.2) is 30.1 Å². The van der Waals surface area contributed by atoms with E-state index in [1.165, 1.54) is 14.2 Å². The van der Waals surface area contributed by atoms with Gasteiger partial charge in [0, 0.05) is 28.4 Å². The standard InChI is InChI=1S/C24H25N5O3/c1-13-12-28-29-14(2)23(13)15(3)32-22-9-19(20(26)10-21(22)31-5)24(27)17-6-16(11-25)7-18(8-17)30-4/h6-10,12,15,27H,26H2,1-5H3. The van der Waals surface area contributed by atoms with Crippen molar-refractivity contribution in [3.63, 3.8) is 0 Å². The van der Waals surface area contributed by atoms with E-state index in [2.05, 4.69) is 16.3 Å². The third-order valence-corrected chi connectivity index (χ3v) is 5.15. The van der Waals surface area contributed by atoms with Crippen LogP contribution >= 0.6 is 0 Å². The van der Waals surface area contributed by atoms with Crippen molar-refractivity contribution in [2.24, 2.45) is 0 Å². The molecular formula is C24H25N5O3. The smallest absolute Gasteiger partial charge is 0.162 e. The van der Waals surface area contributed by atoms with Gasteiger partial charge in [-0.2, -0.15) is 15.5 Å². The Kier molecular flexibility index (Phi) is 6.59. The first-order valence-corrected chi connectivity index (χ1v) is 9.90. The lowest BCUT2D eigenvalue weighted by Crippen LogP contribution is -2.12. The highest BCUT2D eigenvalue weighted by molar-refractivity contribution is 6.14. The molecule has 8 heteroatoms. The lowest BCUT2D eigenvalue weighted by Gasteiger charge is -2.21. The Balaban J connectivity index is 2.04. The minimum Gasteiger partial charge on any atom is -0.497 e. The molecule has 3 aromatic rings. The third-order valence-electron chi connectivity index (χ3n) is 5.15. The topological polar surface area (TPSA) is 127 Å². The van der Waals surface area contributed by atoms with Gasteiger partial charge in [0.25, 0.3) is 0 Å². The van der Waals surface area contributed by atoms with Crippen molar-refractivity contribution >= 4 is 11.4 Å². The van der Waals surface area contributed by atoms with Crippen LogP contribution in [0, 0.1) is 30.6 Å². The van der Waals surface area contributed by atoms with Crippen LogP contribution in [0.2, 0.25) is 0 Å². The third kappa shape index (κ3) is 4.47. The fraction of sp³-hybridized carbons (Fsp3) is 0.250. The first-order chi connectivity index (χ1) is 15.3. The van der Waals surface area contributed by atoms with E-state index in [1.54, 1.807) is 36.5 Å².